The summed E-state index contributed by atoms with van der Waals surface area (Å²) < 4.78 is 5.66. The monoisotopic (exact) mass is 422 g/mol. The summed E-state index contributed by atoms with van der Waals surface area (Å²) in [5.41, 5.74) is 5.43. The van der Waals surface area contributed by atoms with Crippen LogP contribution < -0.4 is 31.3 Å². The SMILES string of the molecule is COc1c/c(=C2/N=c3ccc(Cl)cc3=C2CNC(C)C)[nH]/c1=C\c1[nH]c(C)cc1C. The van der Waals surface area contributed by atoms with Crippen molar-refractivity contribution in [3.63, 3.8) is 0 Å². The summed E-state index contributed by atoms with van der Waals surface area (Å²) in [4.78, 5) is 11.8. The fourth-order valence-corrected chi connectivity index (χ4v) is 3.94. The maximum atomic E-state index is 6.28. The number of ether oxygens (including phenoxy) is 1. The maximum absolute atomic E-state index is 6.28. The Kier molecular flexibility index (Phi) is 5.58. The van der Waals surface area contributed by atoms with E-state index in [1.165, 1.54) is 5.56 Å². The predicted octanol–water partition coefficient (Wildman–Crippen LogP) is 2.04. The van der Waals surface area contributed by atoms with Crippen molar-refractivity contribution in [3.05, 3.63) is 73.6 Å². The van der Waals surface area contributed by atoms with Crippen LogP contribution >= 0.6 is 11.6 Å². The molecule has 1 aliphatic heterocycles. The van der Waals surface area contributed by atoms with Crippen molar-refractivity contribution < 1.29 is 4.74 Å². The largest absolute Gasteiger partial charge is 0.494 e. The van der Waals surface area contributed by atoms with Gasteiger partial charge in [0.15, 0.2) is 0 Å². The van der Waals surface area contributed by atoms with Gasteiger partial charge in [-0.25, -0.2) is 4.99 Å². The lowest BCUT2D eigenvalue weighted by Crippen LogP contribution is -2.30. The third-order valence-electron chi connectivity index (χ3n) is 5.25. The minimum absolute atomic E-state index is 0.364. The quantitative estimate of drug-likeness (QED) is 0.589. The summed E-state index contributed by atoms with van der Waals surface area (Å²) in [5, 5.41) is 8.06. The molecular formula is C24H27ClN4O. The van der Waals surface area contributed by atoms with E-state index in [1.54, 1.807) is 7.11 Å². The zero-order valence-electron chi connectivity index (χ0n) is 18.0. The van der Waals surface area contributed by atoms with Crippen molar-refractivity contribution in [2.75, 3.05) is 13.7 Å². The molecule has 0 fully saturated rings. The number of rotatable bonds is 5. The molecule has 0 atom stereocenters. The first kappa shape index (κ1) is 20.5. The van der Waals surface area contributed by atoms with Crippen LogP contribution in [0.2, 0.25) is 5.02 Å². The molecule has 156 valence electrons. The number of hydrogen-bond acceptors (Lipinski definition) is 3. The molecule has 1 aliphatic rings. The molecule has 0 spiro atoms. The van der Waals surface area contributed by atoms with Gasteiger partial charge in [-0.3, -0.25) is 0 Å². The van der Waals surface area contributed by atoms with Crippen molar-refractivity contribution in [3.8, 4) is 5.75 Å². The Morgan fingerprint density at radius 1 is 1.17 bits per heavy atom. The third kappa shape index (κ3) is 3.95. The van der Waals surface area contributed by atoms with Crippen molar-refractivity contribution in [2.45, 2.75) is 33.7 Å². The Balaban J connectivity index is 1.94. The van der Waals surface area contributed by atoms with Gasteiger partial charge in [0.05, 0.1) is 28.9 Å². The molecule has 0 saturated heterocycles. The van der Waals surface area contributed by atoms with Gasteiger partial charge in [0.1, 0.15) is 5.75 Å². The number of nitrogens with zero attached hydrogens (tertiary/aromatic N) is 1. The highest BCUT2D eigenvalue weighted by molar-refractivity contribution is 6.30. The van der Waals surface area contributed by atoms with Crippen molar-refractivity contribution in [2.24, 2.45) is 4.99 Å². The molecule has 1 aromatic carbocycles. The van der Waals surface area contributed by atoms with Crippen LogP contribution in [0.4, 0.5) is 0 Å². The van der Waals surface area contributed by atoms with Crippen LogP contribution in [0.1, 0.15) is 30.8 Å². The summed E-state index contributed by atoms with van der Waals surface area (Å²) in [5.74, 6) is 0.782. The molecule has 3 aromatic rings. The second-order valence-electron chi connectivity index (χ2n) is 7.99. The lowest BCUT2D eigenvalue weighted by atomic mass is 10.1. The van der Waals surface area contributed by atoms with Crippen LogP contribution in [0.3, 0.4) is 0 Å². The van der Waals surface area contributed by atoms with Crippen LogP contribution in [-0.2, 0) is 0 Å². The van der Waals surface area contributed by atoms with Gasteiger partial charge in [0.2, 0.25) is 0 Å². The average Bonchev–Trinajstić information content (AvgIpc) is 3.35. The van der Waals surface area contributed by atoms with Crippen molar-refractivity contribution in [1.82, 2.24) is 15.3 Å². The van der Waals surface area contributed by atoms with Crippen LogP contribution in [0.15, 0.2) is 35.3 Å². The summed E-state index contributed by atoms with van der Waals surface area (Å²) in [6.07, 6.45) is 2.08. The number of methoxy groups -OCH3 is 1. The molecule has 3 N–H and O–H groups in total. The van der Waals surface area contributed by atoms with Crippen LogP contribution in [-0.4, -0.2) is 29.7 Å². The zero-order valence-corrected chi connectivity index (χ0v) is 18.7. The number of halogens is 1. The Labute approximate surface area is 180 Å². The number of fused-ring (bicyclic) bond motifs is 1. The van der Waals surface area contributed by atoms with Gasteiger partial charge < -0.3 is 20.0 Å². The fourth-order valence-electron chi connectivity index (χ4n) is 3.77. The second-order valence-corrected chi connectivity index (χ2v) is 8.43. The standard InChI is InChI=1S/C24H27ClN4O/c1-13(2)26-12-18-17-9-16(25)6-7-19(17)29-24(18)22-11-23(30-5)21(28-22)10-20-14(3)8-15(4)27-20/h6-11,13,26-28H,12H2,1-5H3/b21-10-,24-22-. The van der Waals surface area contributed by atoms with Crippen LogP contribution in [0.5, 0.6) is 5.75 Å². The van der Waals surface area contributed by atoms with Gasteiger partial charge >= 0.3 is 0 Å². The van der Waals surface area contributed by atoms with Crippen molar-refractivity contribution >= 4 is 28.9 Å². The first-order chi connectivity index (χ1) is 14.4. The smallest absolute Gasteiger partial charge is 0.144 e. The van der Waals surface area contributed by atoms with E-state index in [-0.39, 0.29) is 0 Å². The van der Waals surface area contributed by atoms with Crippen LogP contribution in [0.25, 0.3) is 17.3 Å². The number of aromatic nitrogens is 2. The topological polar surface area (TPSA) is 65.2 Å². The lowest BCUT2D eigenvalue weighted by Gasteiger charge is -2.09. The number of aryl methyl sites for hydroxylation is 2. The van der Waals surface area contributed by atoms with Gasteiger partial charge in [-0.05, 0) is 49.8 Å². The van der Waals surface area contributed by atoms with Crippen LogP contribution in [0, 0.1) is 13.8 Å². The minimum Gasteiger partial charge on any atom is -0.494 e. The molecule has 5 nitrogen and oxygen atoms in total. The Morgan fingerprint density at radius 3 is 2.63 bits per heavy atom. The highest BCUT2D eigenvalue weighted by atomic mass is 35.5. The second kappa shape index (κ2) is 8.17. The molecule has 0 bridgehead atoms. The zero-order chi connectivity index (χ0) is 21.4. The summed E-state index contributed by atoms with van der Waals surface area (Å²) >= 11 is 6.28. The van der Waals surface area contributed by atoms with Gasteiger partial charge in [0, 0.05) is 45.9 Å². The van der Waals surface area contributed by atoms with E-state index in [1.807, 2.05) is 24.3 Å². The Morgan fingerprint density at radius 2 is 1.97 bits per heavy atom. The minimum atomic E-state index is 0.364. The van der Waals surface area contributed by atoms with E-state index in [4.69, 9.17) is 21.3 Å². The molecule has 3 heterocycles. The van der Waals surface area contributed by atoms with Gasteiger partial charge in [-0.1, -0.05) is 25.4 Å². The highest BCUT2D eigenvalue weighted by Crippen LogP contribution is 2.16. The average molecular weight is 423 g/mol. The number of benzene rings is 1. The molecule has 0 saturated carbocycles. The fraction of sp³-hybridized carbons (Fsp3) is 0.292. The summed E-state index contributed by atoms with van der Waals surface area (Å²) in [6, 6.07) is 10.3. The van der Waals surface area contributed by atoms with E-state index in [9.17, 15) is 0 Å². The molecular weight excluding hydrogens is 396 g/mol. The number of H-pyrrole nitrogens is 2. The first-order valence-electron chi connectivity index (χ1n) is 10.1. The van der Waals surface area contributed by atoms with E-state index in [0.29, 0.717) is 17.6 Å². The molecule has 0 unspecified atom stereocenters. The molecule has 2 aromatic heterocycles. The Bertz CT molecular complexity index is 1340. The van der Waals surface area contributed by atoms with E-state index in [2.05, 4.69) is 55.1 Å². The van der Waals surface area contributed by atoms with Gasteiger partial charge in [-0.2, -0.15) is 0 Å². The third-order valence-corrected chi connectivity index (χ3v) is 5.49. The molecule has 6 heteroatoms. The first-order valence-corrected chi connectivity index (χ1v) is 10.5. The van der Waals surface area contributed by atoms with Crippen molar-refractivity contribution in [1.29, 1.82) is 0 Å². The lowest BCUT2D eigenvalue weighted by molar-refractivity contribution is 0.412. The number of hydrogen-bond donors (Lipinski definition) is 3. The van der Waals surface area contributed by atoms with Gasteiger partial charge in [-0.15, -0.1) is 0 Å². The number of nitrogens with one attached hydrogen (secondary N) is 3. The number of aromatic amines is 2. The maximum Gasteiger partial charge on any atom is 0.144 e. The molecule has 0 radical (unpaired) electrons. The molecule has 0 amide bonds. The van der Waals surface area contributed by atoms with E-state index >= 15 is 0 Å². The van der Waals surface area contributed by atoms with E-state index < -0.39 is 0 Å². The normalized spacial score (nSPS) is 15.7. The summed E-state index contributed by atoms with van der Waals surface area (Å²) in [6.45, 7) is 9.13. The molecule has 0 aliphatic carbocycles. The highest BCUT2D eigenvalue weighted by Gasteiger charge is 2.16. The molecule has 30 heavy (non-hydrogen) atoms. The predicted molar refractivity (Wildman–Crippen MR) is 123 cm³/mol. The summed E-state index contributed by atoms with van der Waals surface area (Å²) in [7, 11) is 1.69. The Hall–Kier alpha value is -2.76. The van der Waals surface area contributed by atoms with E-state index in [0.717, 1.165) is 49.7 Å². The van der Waals surface area contributed by atoms with Gasteiger partial charge in [0.25, 0.3) is 0 Å². The molecule has 4 rings (SSSR count).